The fraction of sp³-hybridized carbons (Fsp3) is 0.857. The number of nitrogens with two attached hydrogens (primary N) is 1. The summed E-state index contributed by atoms with van der Waals surface area (Å²) in [5, 5.41) is 8.51. The second-order valence-electron chi connectivity index (χ2n) is 2.67. The van der Waals surface area contributed by atoms with E-state index in [1.54, 1.807) is 6.92 Å². The van der Waals surface area contributed by atoms with Crippen molar-refractivity contribution >= 4 is 17.7 Å². The summed E-state index contributed by atoms with van der Waals surface area (Å²) in [6, 6.07) is 0. The number of carbonyl (C=O) groups is 1. The van der Waals surface area contributed by atoms with Crippen LogP contribution in [0.4, 0.5) is 0 Å². The molecule has 0 aromatic carbocycles. The molecule has 0 aliphatic heterocycles. The van der Waals surface area contributed by atoms with Crippen molar-refractivity contribution in [1.29, 1.82) is 0 Å². The second kappa shape index (κ2) is 5.43. The fourth-order valence-electron chi connectivity index (χ4n) is 0.443. The third kappa shape index (κ3) is 5.09. The van der Waals surface area contributed by atoms with Crippen LogP contribution in [0.2, 0.25) is 0 Å². The maximum atomic E-state index is 10.5. The van der Waals surface area contributed by atoms with Gasteiger partial charge in [0.1, 0.15) is 0 Å². The van der Waals surface area contributed by atoms with Crippen molar-refractivity contribution in [2.24, 2.45) is 11.7 Å². The van der Waals surface area contributed by atoms with E-state index in [9.17, 15) is 4.79 Å². The molecule has 0 aromatic heterocycles. The smallest absolute Gasteiger partial charge is 0.230 e. The van der Waals surface area contributed by atoms with Crippen molar-refractivity contribution in [3.8, 4) is 0 Å². The Kier molecular flexibility index (Phi) is 5.32. The van der Waals surface area contributed by atoms with Crippen molar-refractivity contribution < 1.29 is 9.90 Å². The quantitative estimate of drug-likeness (QED) is 0.631. The van der Waals surface area contributed by atoms with Crippen LogP contribution in [-0.4, -0.2) is 28.6 Å². The molecule has 0 radical (unpaired) electrons. The minimum atomic E-state index is -0.292. The number of carbonyl (C=O) groups excluding carboxylic acids is 1. The molecule has 66 valence electrons. The lowest BCUT2D eigenvalue weighted by atomic mass is 10.2. The predicted molar refractivity (Wildman–Crippen MR) is 47.4 cm³/mol. The number of hydrogen-bond donors (Lipinski definition) is 2. The predicted octanol–water partition coefficient (Wildman–Crippen LogP) is 0.222. The average molecular weight is 177 g/mol. The number of aliphatic hydroxyl groups excluding tert-OH is 1. The van der Waals surface area contributed by atoms with Crippen molar-refractivity contribution in [3.63, 3.8) is 0 Å². The normalized spacial score (nSPS) is 15.9. The molecule has 0 bridgehead atoms. The van der Waals surface area contributed by atoms with E-state index in [-0.39, 0.29) is 23.7 Å². The van der Waals surface area contributed by atoms with E-state index in [4.69, 9.17) is 10.8 Å². The lowest BCUT2D eigenvalue weighted by Gasteiger charge is -2.10. The number of primary amides is 1. The lowest BCUT2D eigenvalue weighted by molar-refractivity contribution is -0.117. The minimum Gasteiger partial charge on any atom is -0.396 e. The zero-order chi connectivity index (χ0) is 8.85. The molecule has 0 rings (SSSR count). The Bertz CT molecular complexity index is 130. The molecular formula is C7H15NO2S. The molecule has 0 fully saturated rings. The van der Waals surface area contributed by atoms with E-state index in [2.05, 4.69) is 0 Å². The van der Waals surface area contributed by atoms with Gasteiger partial charge in [0.2, 0.25) is 5.91 Å². The molecule has 0 heterocycles. The van der Waals surface area contributed by atoms with E-state index in [0.29, 0.717) is 0 Å². The van der Waals surface area contributed by atoms with E-state index < -0.39 is 0 Å². The van der Waals surface area contributed by atoms with Crippen LogP contribution in [-0.2, 0) is 4.79 Å². The third-order valence-corrected chi connectivity index (χ3v) is 2.84. The Hall–Kier alpha value is -0.220. The molecule has 0 aromatic rings. The molecule has 2 unspecified atom stereocenters. The summed E-state index contributed by atoms with van der Waals surface area (Å²) >= 11 is 1.48. The standard InChI is InChI=1S/C7H15NO2S/c1-5(3-9)4-11-6(2)7(8)10/h5-6,9H,3-4H2,1-2H3,(H2,8,10). The summed E-state index contributed by atoms with van der Waals surface area (Å²) < 4.78 is 0. The first-order valence-corrected chi connectivity index (χ1v) is 4.64. The van der Waals surface area contributed by atoms with Crippen LogP contribution >= 0.6 is 11.8 Å². The summed E-state index contributed by atoms with van der Waals surface area (Å²) in [4.78, 5) is 10.5. The Labute approximate surface area is 71.3 Å². The Morgan fingerprint density at radius 3 is 2.55 bits per heavy atom. The number of aliphatic hydroxyl groups is 1. The van der Waals surface area contributed by atoms with Gasteiger partial charge in [-0.05, 0) is 18.6 Å². The maximum absolute atomic E-state index is 10.5. The SMILES string of the molecule is CC(CO)CSC(C)C(N)=O. The average Bonchev–Trinajstić information content (AvgIpc) is 1.99. The van der Waals surface area contributed by atoms with Crippen molar-refractivity contribution in [2.75, 3.05) is 12.4 Å². The minimum absolute atomic E-state index is 0.149. The molecule has 3 N–H and O–H groups in total. The van der Waals surface area contributed by atoms with Gasteiger partial charge in [-0.1, -0.05) is 6.92 Å². The molecule has 2 atom stereocenters. The summed E-state index contributed by atoms with van der Waals surface area (Å²) in [5.74, 6) is 0.725. The van der Waals surface area contributed by atoms with Gasteiger partial charge in [0.25, 0.3) is 0 Å². The third-order valence-electron chi connectivity index (χ3n) is 1.34. The van der Waals surface area contributed by atoms with Crippen molar-refractivity contribution in [2.45, 2.75) is 19.1 Å². The molecule has 0 aliphatic rings. The number of thioether (sulfide) groups is 1. The Morgan fingerprint density at radius 2 is 2.18 bits per heavy atom. The van der Waals surface area contributed by atoms with Gasteiger partial charge in [0, 0.05) is 6.61 Å². The van der Waals surface area contributed by atoms with Gasteiger partial charge in [-0.25, -0.2) is 0 Å². The molecule has 1 amide bonds. The first-order valence-electron chi connectivity index (χ1n) is 3.59. The number of rotatable bonds is 5. The highest BCUT2D eigenvalue weighted by Crippen LogP contribution is 2.13. The topological polar surface area (TPSA) is 63.3 Å². The van der Waals surface area contributed by atoms with Gasteiger partial charge >= 0.3 is 0 Å². The van der Waals surface area contributed by atoms with Gasteiger partial charge in [0.05, 0.1) is 5.25 Å². The van der Waals surface area contributed by atoms with Gasteiger partial charge in [-0.2, -0.15) is 0 Å². The van der Waals surface area contributed by atoms with Gasteiger partial charge < -0.3 is 10.8 Å². The van der Waals surface area contributed by atoms with Crippen molar-refractivity contribution in [1.82, 2.24) is 0 Å². The van der Waals surface area contributed by atoms with E-state index in [1.165, 1.54) is 11.8 Å². The highest BCUT2D eigenvalue weighted by atomic mass is 32.2. The molecule has 0 saturated heterocycles. The largest absolute Gasteiger partial charge is 0.396 e. The van der Waals surface area contributed by atoms with Crippen LogP contribution in [0.1, 0.15) is 13.8 Å². The van der Waals surface area contributed by atoms with Crippen LogP contribution in [0.3, 0.4) is 0 Å². The number of hydrogen-bond acceptors (Lipinski definition) is 3. The van der Waals surface area contributed by atoms with Gasteiger partial charge in [0.15, 0.2) is 0 Å². The summed E-state index contributed by atoms with van der Waals surface area (Å²) in [6.45, 7) is 3.87. The zero-order valence-corrected chi connectivity index (χ0v) is 7.73. The second-order valence-corrected chi connectivity index (χ2v) is 4.04. The molecule has 0 spiro atoms. The fourth-order valence-corrected chi connectivity index (χ4v) is 1.33. The first kappa shape index (κ1) is 10.8. The number of amides is 1. The summed E-state index contributed by atoms with van der Waals surface area (Å²) in [6.07, 6.45) is 0. The van der Waals surface area contributed by atoms with Crippen LogP contribution in [0.5, 0.6) is 0 Å². The van der Waals surface area contributed by atoms with Gasteiger partial charge in [-0.3, -0.25) is 4.79 Å². The van der Waals surface area contributed by atoms with Crippen LogP contribution < -0.4 is 5.73 Å². The molecule has 11 heavy (non-hydrogen) atoms. The Balaban J connectivity index is 3.45. The van der Waals surface area contributed by atoms with Crippen molar-refractivity contribution in [3.05, 3.63) is 0 Å². The highest BCUT2D eigenvalue weighted by molar-refractivity contribution is 8.00. The molecule has 0 aliphatic carbocycles. The van der Waals surface area contributed by atoms with Crippen LogP contribution in [0.15, 0.2) is 0 Å². The summed E-state index contributed by atoms with van der Waals surface area (Å²) in [7, 11) is 0. The van der Waals surface area contributed by atoms with E-state index >= 15 is 0 Å². The molecular weight excluding hydrogens is 162 g/mol. The monoisotopic (exact) mass is 177 g/mol. The van der Waals surface area contributed by atoms with E-state index in [1.807, 2.05) is 6.92 Å². The molecule has 0 saturated carbocycles. The summed E-state index contributed by atoms with van der Waals surface area (Å²) in [5.41, 5.74) is 5.04. The highest BCUT2D eigenvalue weighted by Gasteiger charge is 2.10. The van der Waals surface area contributed by atoms with Gasteiger partial charge in [-0.15, -0.1) is 11.8 Å². The van der Waals surface area contributed by atoms with Crippen LogP contribution in [0, 0.1) is 5.92 Å². The lowest BCUT2D eigenvalue weighted by Crippen LogP contribution is -2.23. The Morgan fingerprint density at radius 1 is 1.64 bits per heavy atom. The van der Waals surface area contributed by atoms with E-state index in [0.717, 1.165) is 5.75 Å². The maximum Gasteiger partial charge on any atom is 0.230 e. The first-order chi connectivity index (χ1) is 5.07. The molecule has 3 nitrogen and oxygen atoms in total. The molecule has 4 heteroatoms. The van der Waals surface area contributed by atoms with Crippen LogP contribution in [0.25, 0.3) is 0 Å². The zero-order valence-electron chi connectivity index (χ0n) is 6.91.